The number of anilines is 3. The minimum atomic E-state index is 0.340. The smallest absolute Gasteiger partial charge is 0.249 e. The van der Waals surface area contributed by atoms with Crippen LogP contribution in [-0.4, -0.2) is 21.2 Å². The molecule has 2 aromatic rings. The van der Waals surface area contributed by atoms with Gasteiger partial charge in [0.05, 0.1) is 6.20 Å². The third kappa shape index (κ3) is 3.81. The van der Waals surface area contributed by atoms with Crippen molar-refractivity contribution in [3.8, 4) is 0 Å². The van der Waals surface area contributed by atoms with E-state index >= 15 is 0 Å². The number of aryl methyl sites for hydroxylation is 1. The summed E-state index contributed by atoms with van der Waals surface area (Å²) in [6.45, 7) is 6.20. The predicted octanol–water partition coefficient (Wildman–Crippen LogP) is 3.79. The van der Waals surface area contributed by atoms with Crippen LogP contribution < -0.4 is 10.6 Å². The van der Waals surface area contributed by atoms with Gasteiger partial charge >= 0.3 is 0 Å². The molecule has 20 heavy (non-hydrogen) atoms. The Bertz CT molecular complexity index is 588. The monoisotopic (exact) mass is 291 g/mol. The lowest BCUT2D eigenvalue weighted by Gasteiger charge is -2.13. The van der Waals surface area contributed by atoms with Gasteiger partial charge in [-0.3, -0.25) is 0 Å². The summed E-state index contributed by atoms with van der Waals surface area (Å²) in [5.74, 6) is 1.15. The van der Waals surface area contributed by atoms with Crippen molar-refractivity contribution in [2.45, 2.75) is 33.2 Å². The quantitative estimate of drug-likeness (QED) is 0.877. The molecule has 1 aromatic heterocycles. The molecule has 2 N–H and O–H groups in total. The normalized spacial score (nSPS) is 12.0. The average Bonchev–Trinajstić information content (AvgIpc) is 2.43. The van der Waals surface area contributed by atoms with Crippen molar-refractivity contribution < 1.29 is 0 Å². The number of nitrogens with one attached hydrogen (secondary N) is 2. The van der Waals surface area contributed by atoms with E-state index in [0.717, 1.165) is 17.7 Å². The van der Waals surface area contributed by atoms with Crippen molar-refractivity contribution in [1.29, 1.82) is 0 Å². The standard InChI is InChI=1S/C14H18ClN5/c1-4-10(3)17-13-8-16-20-14(19-13)18-12-7-11(15)6-5-9(12)2/h5-8,10H,4H2,1-3H3,(H2,17,18,19,20). The molecule has 0 fully saturated rings. The number of rotatable bonds is 5. The fourth-order valence-corrected chi connectivity index (χ4v) is 1.80. The molecule has 0 radical (unpaired) electrons. The molecule has 0 bridgehead atoms. The summed E-state index contributed by atoms with van der Waals surface area (Å²) in [6, 6.07) is 5.98. The molecule has 2 rings (SSSR count). The van der Waals surface area contributed by atoms with E-state index in [1.165, 1.54) is 0 Å². The molecular weight excluding hydrogens is 274 g/mol. The number of benzene rings is 1. The molecule has 0 amide bonds. The highest BCUT2D eigenvalue weighted by atomic mass is 35.5. The zero-order chi connectivity index (χ0) is 14.5. The van der Waals surface area contributed by atoms with Gasteiger partial charge in [0.1, 0.15) is 0 Å². The van der Waals surface area contributed by atoms with Gasteiger partial charge < -0.3 is 10.6 Å². The van der Waals surface area contributed by atoms with Crippen LogP contribution in [0.1, 0.15) is 25.8 Å². The highest BCUT2D eigenvalue weighted by Crippen LogP contribution is 2.22. The van der Waals surface area contributed by atoms with Crippen molar-refractivity contribution in [2.24, 2.45) is 0 Å². The SMILES string of the molecule is CCC(C)Nc1cnnc(Nc2cc(Cl)ccc2C)n1. The molecule has 6 heteroatoms. The minimum Gasteiger partial charge on any atom is -0.366 e. The van der Waals surface area contributed by atoms with Crippen LogP contribution in [0.4, 0.5) is 17.5 Å². The van der Waals surface area contributed by atoms with E-state index in [2.05, 4.69) is 39.7 Å². The Labute approximate surface area is 123 Å². The van der Waals surface area contributed by atoms with Crippen molar-refractivity contribution in [2.75, 3.05) is 10.6 Å². The second kappa shape index (κ2) is 6.52. The Hall–Kier alpha value is -1.88. The maximum absolute atomic E-state index is 5.99. The van der Waals surface area contributed by atoms with Gasteiger partial charge in [0, 0.05) is 16.8 Å². The molecule has 0 aliphatic carbocycles. The van der Waals surface area contributed by atoms with Gasteiger partial charge in [-0.15, -0.1) is 5.10 Å². The fraction of sp³-hybridized carbons (Fsp3) is 0.357. The van der Waals surface area contributed by atoms with Crippen LogP contribution >= 0.6 is 11.6 Å². The van der Waals surface area contributed by atoms with E-state index in [1.54, 1.807) is 6.20 Å². The molecule has 0 aliphatic rings. The van der Waals surface area contributed by atoms with Crippen molar-refractivity contribution >= 4 is 29.1 Å². The molecular formula is C14H18ClN5. The lowest BCUT2D eigenvalue weighted by Crippen LogP contribution is -2.15. The van der Waals surface area contributed by atoms with Gasteiger partial charge in [0.25, 0.3) is 0 Å². The van der Waals surface area contributed by atoms with Gasteiger partial charge in [-0.05, 0) is 38.0 Å². The van der Waals surface area contributed by atoms with Crippen molar-refractivity contribution in [3.05, 3.63) is 35.0 Å². The largest absolute Gasteiger partial charge is 0.366 e. The average molecular weight is 292 g/mol. The van der Waals surface area contributed by atoms with Crippen LogP contribution in [0.3, 0.4) is 0 Å². The topological polar surface area (TPSA) is 62.7 Å². The first-order chi connectivity index (χ1) is 9.58. The third-order valence-electron chi connectivity index (χ3n) is 3.01. The Morgan fingerprint density at radius 2 is 2.15 bits per heavy atom. The third-order valence-corrected chi connectivity index (χ3v) is 3.25. The van der Waals surface area contributed by atoms with E-state index in [-0.39, 0.29) is 0 Å². The molecule has 1 unspecified atom stereocenters. The molecule has 5 nitrogen and oxygen atoms in total. The van der Waals surface area contributed by atoms with Gasteiger partial charge in [-0.25, -0.2) is 0 Å². The number of halogens is 1. The Kier molecular flexibility index (Phi) is 4.74. The summed E-state index contributed by atoms with van der Waals surface area (Å²) in [4.78, 5) is 4.39. The van der Waals surface area contributed by atoms with Crippen molar-refractivity contribution in [1.82, 2.24) is 15.2 Å². The van der Waals surface area contributed by atoms with Gasteiger partial charge in [-0.2, -0.15) is 10.1 Å². The number of hydrogen-bond acceptors (Lipinski definition) is 5. The van der Waals surface area contributed by atoms with E-state index in [1.807, 2.05) is 25.1 Å². The summed E-state index contributed by atoms with van der Waals surface area (Å²) in [5.41, 5.74) is 1.94. The van der Waals surface area contributed by atoms with E-state index in [0.29, 0.717) is 22.8 Å². The van der Waals surface area contributed by atoms with Gasteiger partial charge in [-0.1, -0.05) is 24.6 Å². The molecule has 0 aliphatic heterocycles. The summed E-state index contributed by atoms with van der Waals surface area (Å²) in [7, 11) is 0. The maximum atomic E-state index is 5.99. The first-order valence-electron chi connectivity index (χ1n) is 6.58. The highest BCUT2D eigenvalue weighted by molar-refractivity contribution is 6.30. The number of nitrogens with zero attached hydrogens (tertiary/aromatic N) is 3. The Morgan fingerprint density at radius 3 is 2.90 bits per heavy atom. The highest BCUT2D eigenvalue weighted by Gasteiger charge is 2.06. The Morgan fingerprint density at radius 1 is 1.35 bits per heavy atom. The van der Waals surface area contributed by atoms with E-state index in [9.17, 15) is 0 Å². The zero-order valence-electron chi connectivity index (χ0n) is 11.8. The second-order valence-corrected chi connectivity index (χ2v) is 5.14. The molecule has 0 spiro atoms. The van der Waals surface area contributed by atoms with Crippen LogP contribution in [0.2, 0.25) is 5.02 Å². The van der Waals surface area contributed by atoms with Crippen LogP contribution in [0, 0.1) is 6.92 Å². The summed E-state index contributed by atoms with van der Waals surface area (Å²) in [6.07, 6.45) is 2.63. The molecule has 0 saturated heterocycles. The van der Waals surface area contributed by atoms with Crippen molar-refractivity contribution in [3.63, 3.8) is 0 Å². The van der Waals surface area contributed by atoms with Gasteiger partial charge in [0.2, 0.25) is 5.95 Å². The summed E-state index contributed by atoms with van der Waals surface area (Å²) in [5, 5.41) is 15.0. The number of hydrogen-bond donors (Lipinski definition) is 2. The molecule has 1 aromatic carbocycles. The van der Waals surface area contributed by atoms with E-state index < -0.39 is 0 Å². The second-order valence-electron chi connectivity index (χ2n) is 4.70. The molecule has 0 saturated carbocycles. The zero-order valence-corrected chi connectivity index (χ0v) is 12.6. The minimum absolute atomic E-state index is 0.340. The van der Waals surface area contributed by atoms with Crippen LogP contribution in [-0.2, 0) is 0 Å². The van der Waals surface area contributed by atoms with Crippen LogP contribution in [0.15, 0.2) is 24.4 Å². The molecule has 106 valence electrons. The molecule has 1 atom stereocenters. The van der Waals surface area contributed by atoms with Crippen LogP contribution in [0.5, 0.6) is 0 Å². The summed E-state index contributed by atoms with van der Waals surface area (Å²) >= 11 is 5.99. The first-order valence-corrected chi connectivity index (χ1v) is 6.95. The fourth-order valence-electron chi connectivity index (χ4n) is 1.63. The van der Waals surface area contributed by atoms with Crippen LogP contribution in [0.25, 0.3) is 0 Å². The summed E-state index contributed by atoms with van der Waals surface area (Å²) < 4.78 is 0. The lowest BCUT2D eigenvalue weighted by molar-refractivity contribution is 0.755. The first kappa shape index (κ1) is 14.5. The number of aromatic nitrogens is 3. The van der Waals surface area contributed by atoms with E-state index in [4.69, 9.17) is 11.6 Å². The molecule has 1 heterocycles. The maximum Gasteiger partial charge on any atom is 0.249 e. The Balaban J connectivity index is 2.17. The van der Waals surface area contributed by atoms with Gasteiger partial charge in [0.15, 0.2) is 5.82 Å². The predicted molar refractivity (Wildman–Crippen MR) is 82.7 cm³/mol. The lowest BCUT2D eigenvalue weighted by atomic mass is 10.2.